The van der Waals surface area contributed by atoms with Crippen LogP contribution in [-0.2, 0) is 6.54 Å². The fourth-order valence-corrected chi connectivity index (χ4v) is 1.54. The number of aryl methyl sites for hydroxylation is 1. The smallest absolute Gasteiger partial charge is 0.258 e. The van der Waals surface area contributed by atoms with Crippen molar-refractivity contribution in [3.05, 3.63) is 21.0 Å². The highest BCUT2D eigenvalue weighted by atomic mass is 35.5. The highest BCUT2D eigenvalue weighted by Crippen LogP contribution is 2.32. The molecule has 6 heteroatoms. The molecule has 0 spiro atoms. The van der Waals surface area contributed by atoms with Gasteiger partial charge in [-0.1, -0.05) is 25.4 Å². The highest BCUT2D eigenvalue weighted by Gasteiger charge is 2.27. The van der Waals surface area contributed by atoms with E-state index in [-0.39, 0.29) is 16.8 Å². The number of nitrogens with zero attached hydrogens (tertiary/aromatic N) is 3. The number of halogens is 1. The molecule has 0 aliphatic rings. The van der Waals surface area contributed by atoms with Crippen LogP contribution in [0.4, 0.5) is 5.69 Å². The van der Waals surface area contributed by atoms with E-state index < -0.39 is 4.92 Å². The van der Waals surface area contributed by atoms with E-state index in [9.17, 15) is 10.1 Å². The summed E-state index contributed by atoms with van der Waals surface area (Å²) in [4.78, 5) is 10.3. The van der Waals surface area contributed by atoms with E-state index in [1.807, 2.05) is 20.8 Å². The summed E-state index contributed by atoms with van der Waals surface area (Å²) < 4.78 is 1.44. The molecule has 0 aromatic carbocycles. The van der Waals surface area contributed by atoms with Gasteiger partial charge in [0.05, 0.1) is 4.92 Å². The molecule has 1 aromatic heterocycles. The van der Waals surface area contributed by atoms with Gasteiger partial charge in [-0.2, -0.15) is 5.10 Å². The average molecular weight is 218 g/mol. The van der Waals surface area contributed by atoms with Crippen molar-refractivity contribution >= 4 is 17.3 Å². The first-order valence-corrected chi connectivity index (χ1v) is 4.77. The van der Waals surface area contributed by atoms with Crippen molar-refractivity contribution in [2.75, 3.05) is 0 Å². The molecule has 0 fully saturated rings. The Bertz CT molecular complexity index is 360. The Hall–Kier alpha value is -1.10. The van der Waals surface area contributed by atoms with Gasteiger partial charge in [-0.15, -0.1) is 0 Å². The Labute approximate surface area is 86.8 Å². The van der Waals surface area contributed by atoms with Crippen LogP contribution < -0.4 is 0 Å². The van der Waals surface area contributed by atoms with Gasteiger partial charge in [0.1, 0.15) is 5.69 Å². The standard InChI is InChI=1S/C8H12ClN3O2/c1-4-11-8(9)7(12(13)14)6(10-11)5(2)3/h5H,4H2,1-3H3. The van der Waals surface area contributed by atoms with E-state index in [2.05, 4.69) is 5.10 Å². The van der Waals surface area contributed by atoms with Crippen molar-refractivity contribution < 1.29 is 4.92 Å². The summed E-state index contributed by atoms with van der Waals surface area (Å²) in [5.74, 6) is 0.000648. The third-order valence-corrected chi connectivity index (χ3v) is 2.30. The molecule has 0 N–H and O–H groups in total. The van der Waals surface area contributed by atoms with Crippen molar-refractivity contribution in [3.8, 4) is 0 Å². The largest absolute Gasteiger partial charge is 0.329 e. The Kier molecular flexibility index (Phi) is 3.10. The summed E-state index contributed by atoms with van der Waals surface area (Å²) in [6.07, 6.45) is 0. The van der Waals surface area contributed by atoms with E-state index in [0.29, 0.717) is 12.2 Å². The first kappa shape index (κ1) is 11.0. The van der Waals surface area contributed by atoms with Gasteiger partial charge in [0.25, 0.3) is 0 Å². The van der Waals surface area contributed by atoms with Crippen LogP contribution in [0, 0.1) is 10.1 Å². The lowest BCUT2D eigenvalue weighted by molar-refractivity contribution is -0.385. The van der Waals surface area contributed by atoms with Gasteiger partial charge in [-0.25, -0.2) is 4.68 Å². The average Bonchev–Trinajstić information content (AvgIpc) is 2.42. The van der Waals surface area contributed by atoms with Crippen LogP contribution >= 0.6 is 11.6 Å². The number of aromatic nitrogens is 2. The number of rotatable bonds is 3. The van der Waals surface area contributed by atoms with Crippen LogP contribution in [-0.4, -0.2) is 14.7 Å². The molecular weight excluding hydrogens is 206 g/mol. The molecule has 1 heterocycles. The van der Waals surface area contributed by atoms with Gasteiger partial charge < -0.3 is 0 Å². The molecule has 0 atom stereocenters. The summed E-state index contributed by atoms with van der Waals surface area (Å²) in [6, 6.07) is 0. The summed E-state index contributed by atoms with van der Waals surface area (Å²) >= 11 is 5.83. The second-order valence-corrected chi connectivity index (χ2v) is 3.61. The van der Waals surface area contributed by atoms with Crippen molar-refractivity contribution in [3.63, 3.8) is 0 Å². The Morgan fingerprint density at radius 1 is 1.64 bits per heavy atom. The fourth-order valence-electron chi connectivity index (χ4n) is 1.22. The third kappa shape index (κ3) is 1.72. The topological polar surface area (TPSA) is 61.0 Å². The predicted molar refractivity (Wildman–Crippen MR) is 53.7 cm³/mol. The molecule has 14 heavy (non-hydrogen) atoms. The quantitative estimate of drug-likeness (QED) is 0.578. The Morgan fingerprint density at radius 3 is 2.50 bits per heavy atom. The molecule has 1 rings (SSSR count). The summed E-state index contributed by atoms with van der Waals surface area (Å²) in [5, 5.41) is 14.9. The molecule has 0 saturated carbocycles. The molecule has 0 unspecified atom stereocenters. The van der Waals surface area contributed by atoms with Crippen molar-refractivity contribution in [1.82, 2.24) is 9.78 Å². The monoisotopic (exact) mass is 217 g/mol. The van der Waals surface area contributed by atoms with Gasteiger partial charge in [0.15, 0.2) is 0 Å². The van der Waals surface area contributed by atoms with Gasteiger partial charge in [-0.3, -0.25) is 10.1 Å². The second-order valence-electron chi connectivity index (χ2n) is 3.25. The molecule has 0 aliphatic heterocycles. The Balaban J connectivity index is 3.35. The van der Waals surface area contributed by atoms with E-state index in [1.54, 1.807) is 0 Å². The first-order chi connectivity index (χ1) is 6.49. The fraction of sp³-hybridized carbons (Fsp3) is 0.625. The van der Waals surface area contributed by atoms with E-state index in [1.165, 1.54) is 4.68 Å². The van der Waals surface area contributed by atoms with Gasteiger partial charge in [0.2, 0.25) is 5.15 Å². The van der Waals surface area contributed by atoms with Crippen LogP contribution in [0.25, 0.3) is 0 Å². The molecule has 5 nitrogen and oxygen atoms in total. The van der Waals surface area contributed by atoms with Gasteiger partial charge >= 0.3 is 5.69 Å². The molecule has 0 saturated heterocycles. The lowest BCUT2D eigenvalue weighted by Crippen LogP contribution is -1.98. The van der Waals surface area contributed by atoms with Crippen LogP contribution in [0.15, 0.2) is 0 Å². The molecular formula is C8H12ClN3O2. The Morgan fingerprint density at radius 2 is 2.21 bits per heavy atom. The van der Waals surface area contributed by atoms with Crippen LogP contribution in [0.5, 0.6) is 0 Å². The van der Waals surface area contributed by atoms with Crippen molar-refractivity contribution in [2.24, 2.45) is 0 Å². The SMILES string of the molecule is CCn1nc(C(C)C)c([N+](=O)[O-])c1Cl. The summed E-state index contributed by atoms with van der Waals surface area (Å²) in [7, 11) is 0. The van der Waals surface area contributed by atoms with Crippen LogP contribution in [0.1, 0.15) is 32.4 Å². The first-order valence-electron chi connectivity index (χ1n) is 4.39. The van der Waals surface area contributed by atoms with E-state index in [4.69, 9.17) is 11.6 Å². The maximum absolute atomic E-state index is 10.7. The minimum absolute atomic E-state index is 0.000648. The molecule has 1 aromatic rings. The molecule has 0 radical (unpaired) electrons. The van der Waals surface area contributed by atoms with Crippen LogP contribution in [0.2, 0.25) is 5.15 Å². The third-order valence-electron chi connectivity index (χ3n) is 1.92. The zero-order valence-electron chi connectivity index (χ0n) is 8.32. The van der Waals surface area contributed by atoms with Crippen LogP contribution in [0.3, 0.4) is 0 Å². The minimum Gasteiger partial charge on any atom is -0.258 e. The second kappa shape index (κ2) is 3.96. The maximum Gasteiger partial charge on any atom is 0.329 e. The molecule has 0 amide bonds. The van der Waals surface area contributed by atoms with E-state index in [0.717, 1.165) is 0 Å². The van der Waals surface area contributed by atoms with Gasteiger partial charge in [-0.05, 0) is 6.92 Å². The zero-order chi connectivity index (χ0) is 10.9. The van der Waals surface area contributed by atoms with E-state index >= 15 is 0 Å². The lowest BCUT2D eigenvalue weighted by Gasteiger charge is -1.97. The number of hydrogen-bond acceptors (Lipinski definition) is 3. The zero-order valence-corrected chi connectivity index (χ0v) is 9.08. The maximum atomic E-state index is 10.7. The normalized spacial score (nSPS) is 10.9. The van der Waals surface area contributed by atoms with Crippen molar-refractivity contribution in [1.29, 1.82) is 0 Å². The lowest BCUT2D eigenvalue weighted by atomic mass is 10.1. The molecule has 0 bridgehead atoms. The van der Waals surface area contributed by atoms with Gasteiger partial charge in [0, 0.05) is 12.5 Å². The number of nitro groups is 1. The number of hydrogen-bond donors (Lipinski definition) is 0. The molecule has 0 aliphatic carbocycles. The predicted octanol–water partition coefficient (Wildman–Crippen LogP) is 2.59. The summed E-state index contributed by atoms with van der Waals surface area (Å²) in [6.45, 7) is 6.08. The molecule has 78 valence electrons. The minimum atomic E-state index is -0.475. The highest BCUT2D eigenvalue weighted by molar-refractivity contribution is 6.31. The van der Waals surface area contributed by atoms with Crippen molar-refractivity contribution in [2.45, 2.75) is 33.2 Å². The summed E-state index contributed by atoms with van der Waals surface area (Å²) in [5.41, 5.74) is 0.380.